The molecule has 0 spiro atoms. The maximum atomic E-state index is 10.9. The van der Waals surface area contributed by atoms with E-state index in [4.69, 9.17) is 0 Å². The van der Waals surface area contributed by atoms with Crippen LogP contribution in [0.25, 0.3) is 0 Å². The maximum Gasteiger partial charge on any atom is 0.0788 e. The van der Waals surface area contributed by atoms with Gasteiger partial charge in [0, 0.05) is 5.75 Å². The Hall–Kier alpha value is 0.310. The monoisotopic (exact) mass is 314 g/mol. The van der Waals surface area contributed by atoms with Gasteiger partial charge < -0.3 is 5.11 Å². The van der Waals surface area contributed by atoms with Crippen LogP contribution in [-0.4, -0.2) is 22.2 Å². The molecule has 1 heterocycles. The molecule has 0 aromatic rings. The van der Waals surface area contributed by atoms with Crippen LogP contribution in [0.1, 0.15) is 97.8 Å². The van der Waals surface area contributed by atoms with Gasteiger partial charge in [-0.3, -0.25) is 0 Å². The predicted octanol–water partition coefficient (Wildman–Crippen LogP) is 6.19. The van der Waals surface area contributed by atoms with Crippen molar-refractivity contribution in [3.63, 3.8) is 0 Å². The highest BCUT2D eigenvalue weighted by Gasteiger charge is 2.44. The van der Waals surface area contributed by atoms with Gasteiger partial charge in [-0.25, -0.2) is 0 Å². The summed E-state index contributed by atoms with van der Waals surface area (Å²) in [6.45, 7) is 6.78. The van der Waals surface area contributed by atoms with E-state index in [2.05, 4.69) is 20.8 Å². The molecular formula is C19H38OS. The molecule has 0 bridgehead atoms. The van der Waals surface area contributed by atoms with Gasteiger partial charge in [0.15, 0.2) is 0 Å². The van der Waals surface area contributed by atoms with Gasteiger partial charge in [-0.05, 0) is 24.0 Å². The molecule has 1 aliphatic rings. The lowest BCUT2D eigenvalue weighted by Gasteiger charge is -2.46. The lowest BCUT2D eigenvalue weighted by atomic mass is 9.71. The molecule has 1 N–H and O–H groups in total. The molecule has 0 saturated carbocycles. The lowest BCUT2D eigenvalue weighted by molar-refractivity contribution is -0.0599. The van der Waals surface area contributed by atoms with Crippen molar-refractivity contribution in [2.75, 3.05) is 11.5 Å². The number of thioether (sulfide) groups is 1. The van der Waals surface area contributed by atoms with E-state index in [1.54, 1.807) is 0 Å². The molecular weight excluding hydrogens is 276 g/mol. The summed E-state index contributed by atoms with van der Waals surface area (Å²) in [6, 6.07) is 0. The standard InChI is InChI=1S/C19H38OS/c1-4-5-6-7-8-9-10-11-12-13-14-19(20)17-21-16-15-18(19,2)3/h20H,4-17H2,1-3H3. The molecule has 21 heavy (non-hydrogen) atoms. The van der Waals surface area contributed by atoms with Crippen LogP contribution in [0.4, 0.5) is 0 Å². The van der Waals surface area contributed by atoms with Crippen molar-refractivity contribution >= 4 is 11.8 Å². The molecule has 1 unspecified atom stereocenters. The van der Waals surface area contributed by atoms with E-state index in [0.717, 1.165) is 18.6 Å². The third kappa shape index (κ3) is 6.95. The van der Waals surface area contributed by atoms with Gasteiger partial charge in [0.2, 0.25) is 0 Å². The zero-order valence-corrected chi connectivity index (χ0v) is 15.6. The minimum atomic E-state index is -0.421. The molecule has 1 atom stereocenters. The SMILES string of the molecule is CCCCCCCCCCCCC1(O)CSCCC1(C)C. The molecule has 0 aromatic heterocycles. The van der Waals surface area contributed by atoms with Crippen molar-refractivity contribution < 1.29 is 5.11 Å². The normalized spacial score (nSPS) is 25.1. The summed E-state index contributed by atoms with van der Waals surface area (Å²) in [7, 11) is 0. The number of rotatable bonds is 11. The van der Waals surface area contributed by atoms with Crippen LogP contribution in [0, 0.1) is 5.41 Å². The largest absolute Gasteiger partial charge is 0.388 e. The Morgan fingerprint density at radius 3 is 1.90 bits per heavy atom. The second-order valence-electron chi connectivity index (χ2n) is 7.65. The Morgan fingerprint density at radius 2 is 1.38 bits per heavy atom. The van der Waals surface area contributed by atoms with Gasteiger partial charge in [0.05, 0.1) is 5.60 Å². The quantitative estimate of drug-likeness (QED) is 0.459. The Labute approximate surface area is 137 Å². The molecule has 1 saturated heterocycles. The molecule has 0 aliphatic carbocycles. The van der Waals surface area contributed by atoms with Crippen LogP contribution in [0.3, 0.4) is 0 Å². The van der Waals surface area contributed by atoms with E-state index in [1.165, 1.54) is 70.0 Å². The Morgan fingerprint density at radius 1 is 0.857 bits per heavy atom. The van der Waals surface area contributed by atoms with Gasteiger partial charge >= 0.3 is 0 Å². The summed E-state index contributed by atoms with van der Waals surface area (Å²) >= 11 is 1.94. The van der Waals surface area contributed by atoms with Gasteiger partial charge in [-0.15, -0.1) is 0 Å². The van der Waals surface area contributed by atoms with E-state index in [1.807, 2.05) is 11.8 Å². The molecule has 1 fully saturated rings. The topological polar surface area (TPSA) is 20.2 Å². The van der Waals surface area contributed by atoms with Crippen molar-refractivity contribution in [1.82, 2.24) is 0 Å². The summed E-state index contributed by atoms with van der Waals surface area (Å²) in [6.07, 6.45) is 15.9. The predicted molar refractivity (Wildman–Crippen MR) is 97.1 cm³/mol. The number of hydrogen-bond donors (Lipinski definition) is 1. The molecule has 0 aromatic carbocycles. The number of aliphatic hydroxyl groups is 1. The highest BCUT2D eigenvalue weighted by atomic mass is 32.2. The summed E-state index contributed by atoms with van der Waals surface area (Å²) in [5.41, 5.74) is -0.312. The summed E-state index contributed by atoms with van der Waals surface area (Å²) in [5.74, 6) is 2.16. The first-order valence-corrected chi connectivity index (χ1v) is 10.5. The van der Waals surface area contributed by atoms with Crippen LogP contribution in [0.2, 0.25) is 0 Å². The third-order valence-electron chi connectivity index (χ3n) is 5.42. The molecule has 126 valence electrons. The summed E-state index contributed by atoms with van der Waals surface area (Å²) in [5, 5.41) is 10.9. The highest BCUT2D eigenvalue weighted by molar-refractivity contribution is 7.99. The minimum absolute atomic E-state index is 0.109. The van der Waals surface area contributed by atoms with Crippen molar-refractivity contribution in [2.24, 2.45) is 5.41 Å². The Kier molecular flexibility index (Phi) is 9.36. The first kappa shape index (κ1) is 19.4. The van der Waals surface area contributed by atoms with Crippen molar-refractivity contribution in [2.45, 2.75) is 103 Å². The zero-order chi connectivity index (χ0) is 15.6. The maximum absolute atomic E-state index is 10.9. The van der Waals surface area contributed by atoms with E-state index in [9.17, 15) is 5.11 Å². The molecule has 0 radical (unpaired) electrons. The second kappa shape index (κ2) is 10.2. The van der Waals surface area contributed by atoms with E-state index >= 15 is 0 Å². The van der Waals surface area contributed by atoms with E-state index in [-0.39, 0.29) is 5.41 Å². The van der Waals surface area contributed by atoms with Gasteiger partial charge in [-0.2, -0.15) is 11.8 Å². The molecule has 2 heteroatoms. The first-order chi connectivity index (χ1) is 10.0. The number of hydrogen-bond acceptors (Lipinski definition) is 2. The molecule has 1 aliphatic heterocycles. The third-order valence-corrected chi connectivity index (χ3v) is 6.59. The average Bonchev–Trinajstić information content (AvgIpc) is 2.44. The van der Waals surface area contributed by atoms with E-state index < -0.39 is 5.60 Å². The van der Waals surface area contributed by atoms with Crippen molar-refractivity contribution in [3.8, 4) is 0 Å². The smallest absolute Gasteiger partial charge is 0.0788 e. The van der Waals surface area contributed by atoms with Crippen molar-refractivity contribution in [1.29, 1.82) is 0 Å². The minimum Gasteiger partial charge on any atom is -0.388 e. The van der Waals surface area contributed by atoms with Gasteiger partial charge in [0.25, 0.3) is 0 Å². The fraction of sp³-hybridized carbons (Fsp3) is 1.00. The van der Waals surface area contributed by atoms with Crippen LogP contribution in [0.5, 0.6) is 0 Å². The molecule has 1 rings (SSSR count). The molecule has 1 nitrogen and oxygen atoms in total. The first-order valence-electron chi connectivity index (χ1n) is 9.32. The second-order valence-corrected chi connectivity index (χ2v) is 8.76. The fourth-order valence-electron chi connectivity index (χ4n) is 3.31. The van der Waals surface area contributed by atoms with Crippen LogP contribution < -0.4 is 0 Å². The molecule has 0 amide bonds. The number of unbranched alkanes of at least 4 members (excludes halogenated alkanes) is 9. The Balaban J connectivity index is 2.01. The van der Waals surface area contributed by atoms with E-state index in [0.29, 0.717) is 0 Å². The summed E-state index contributed by atoms with van der Waals surface area (Å²) in [4.78, 5) is 0. The van der Waals surface area contributed by atoms with Crippen LogP contribution in [0.15, 0.2) is 0 Å². The summed E-state index contributed by atoms with van der Waals surface area (Å²) < 4.78 is 0. The highest BCUT2D eigenvalue weighted by Crippen LogP contribution is 2.44. The Bertz CT molecular complexity index is 264. The van der Waals surface area contributed by atoms with Crippen LogP contribution >= 0.6 is 11.8 Å². The van der Waals surface area contributed by atoms with Crippen LogP contribution in [-0.2, 0) is 0 Å². The fourth-order valence-corrected chi connectivity index (χ4v) is 4.98. The zero-order valence-electron chi connectivity index (χ0n) is 14.8. The lowest BCUT2D eigenvalue weighted by Crippen LogP contribution is -2.49. The van der Waals surface area contributed by atoms with Gasteiger partial charge in [-0.1, -0.05) is 85.0 Å². The van der Waals surface area contributed by atoms with Crippen molar-refractivity contribution in [3.05, 3.63) is 0 Å². The van der Waals surface area contributed by atoms with Gasteiger partial charge in [0.1, 0.15) is 0 Å². The average molecular weight is 315 g/mol.